The number of likely N-dealkylation sites (N-methyl/N-ethyl adjacent to an activating group) is 1. The molecule has 3 amide bonds. The normalized spacial score (nSPS) is 12.7. The Kier molecular flexibility index (Phi) is 6.34. The second-order valence-corrected chi connectivity index (χ2v) is 8.57. The van der Waals surface area contributed by atoms with Crippen molar-refractivity contribution >= 4 is 39.7 Å². The number of hydrogen-bond donors (Lipinski definition) is 3. The van der Waals surface area contributed by atoms with Gasteiger partial charge < -0.3 is 16.4 Å². The lowest BCUT2D eigenvalue weighted by atomic mass is 10.1. The van der Waals surface area contributed by atoms with Gasteiger partial charge in [0, 0.05) is 10.6 Å². The number of fused-ring (bicyclic) bond motifs is 1. The van der Waals surface area contributed by atoms with Gasteiger partial charge in [0.1, 0.15) is 5.00 Å². The molecule has 2 aromatic rings. The molecular formula is C21H26N4O3S. The van der Waals surface area contributed by atoms with E-state index in [2.05, 4.69) is 10.6 Å². The lowest BCUT2D eigenvalue weighted by Gasteiger charge is -2.17. The van der Waals surface area contributed by atoms with Gasteiger partial charge >= 0.3 is 0 Å². The van der Waals surface area contributed by atoms with Gasteiger partial charge in [0.15, 0.2) is 0 Å². The van der Waals surface area contributed by atoms with E-state index in [-0.39, 0.29) is 24.9 Å². The molecule has 4 N–H and O–H groups in total. The number of amides is 3. The molecule has 1 heterocycles. The van der Waals surface area contributed by atoms with Crippen LogP contribution in [0.1, 0.15) is 38.3 Å². The highest BCUT2D eigenvalue weighted by Gasteiger charge is 2.26. The molecule has 0 saturated carbocycles. The monoisotopic (exact) mass is 414 g/mol. The molecule has 0 saturated heterocycles. The second kappa shape index (κ2) is 8.75. The van der Waals surface area contributed by atoms with Crippen LogP contribution in [0.4, 0.5) is 10.7 Å². The highest BCUT2D eigenvalue weighted by atomic mass is 32.1. The van der Waals surface area contributed by atoms with Gasteiger partial charge in [0.05, 0.1) is 18.7 Å². The van der Waals surface area contributed by atoms with Crippen molar-refractivity contribution in [3.05, 3.63) is 45.3 Å². The largest absolute Gasteiger partial charge is 0.365 e. The number of para-hydroxylation sites is 1. The first-order valence-corrected chi connectivity index (χ1v) is 10.4. The van der Waals surface area contributed by atoms with Gasteiger partial charge in [-0.1, -0.05) is 18.2 Å². The molecule has 3 rings (SSSR count). The fourth-order valence-electron chi connectivity index (χ4n) is 3.66. The summed E-state index contributed by atoms with van der Waals surface area (Å²) in [7, 11) is 1.70. The maximum absolute atomic E-state index is 12.4. The fraction of sp³-hybridized carbons (Fsp3) is 0.381. The highest BCUT2D eigenvalue weighted by Crippen LogP contribution is 2.38. The summed E-state index contributed by atoms with van der Waals surface area (Å²) in [6.07, 6.45) is 2.74. The van der Waals surface area contributed by atoms with Gasteiger partial charge in [-0.2, -0.15) is 0 Å². The van der Waals surface area contributed by atoms with E-state index < -0.39 is 5.91 Å². The number of benzene rings is 1. The van der Waals surface area contributed by atoms with Crippen molar-refractivity contribution in [3.63, 3.8) is 0 Å². The average molecular weight is 415 g/mol. The van der Waals surface area contributed by atoms with E-state index >= 15 is 0 Å². The summed E-state index contributed by atoms with van der Waals surface area (Å²) in [5, 5.41) is 6.22. The second-order valence-electron chi connectivity index (χ2n) is 7.46. The van der Waals surface area contributed by atoms with Crippen LogP contribution in [0.2, 0.25) is 0 Å². The standard InChI is InChI=1S/C21H26N4O3S/c1-12-6-4-7-13(2)19(12)23-16(26)10-25(3)11-17(27)24-21-18(20(22)28)14-8-5-9-15(14)29-21/h4,6-7H,5,8-11H2,1-3H3,(H2,22,28)(H,23,26)(H,24,27). The van der Waals surface area contributed by atoms with E-state index in [1.807, 2.05) is 32.0 Å². The Morgan fingerprint density at radius 2 is 1.69 bits per heavy atom. The molecule has 8 heteroatoms. The van der Waals surface area contributed by atoms with Crippen molar-refractivity contribution in [2.45, 2.75) is 33.1 Å². The van der Waals surface area contributed by atoms with E-state index in [1.165, 1.54) is 11.3 Å². The molecule has 7 nitrogen and oxygen atoms in total. The molecule has 1 aliphatic rings. The molecule has 0 fully saturated rings. The Morgan fingerprint density at radius 1 is 1.07 bits per heavy atom. The number of thiophene rings is 1. The number of nitrogens with two attached hydrogens (primary N) is 1. The number of anilines is 2. The summed E-state index contributed by atoms with van der Waals surface area (Å²) >= 11 is 1.42. The molecule has 0 radical (unpaired) electrons. The summed E-state index contributed by atoms with van der Waals surface area (Å²) < 4.78 is 0. The molecule has 1 aliphatic carbocycles. The number of hydrogen-bond acceptors (Lipinski definition) is 5. The Morgan fingerprint density at radius 3 is 2.31 bits per heavy atom. The predicted octanol–water partition coefficient (Wildman–Crippen LogP) is 2.46. The quantitative estimate of drug-likeness (QED) is 0.647. The topological polar surface area (TPSA) is 105 Å². The molecular weight excluding hydrogens is 388 g/mol. The van der Waals surface area contributed by atoms with Crippen LogP contribution in [0.3, 0.4) is 0 Å². The van der Waals surface area contributed by atoms with Gasteiger partial charge in [-0.3, -0.25) is 19.3 Å². The molecule has 1 aromatic carbocycles. The molecule has 0 spiro atoms. The van der Waals surface area contributed by atoms with Crippen LogP contribution >= 0.6 is 11.3 Å². The molecule has 1 aromatic heterocycles. The third-order valence-corrected chi connectivity index (χ3v) is 6.20. The lowest BCUT2D eigenvalue weighted by molar-refractivity contribution is -0.119. The van der Waals surface area contributed by atoms with E-state index in [0.717, 1.165) is 46.5 Å². The van der Waals surface area contributed by atoms with Crippen LogP contribution in [0.5, 0.6) is 0 Å². The summed E-state index contributed by atoms with van der Waals surface area (Å²) in [4.78, 5) is 39.4. The number of nitrogens with zero attached hydrogens (tertiary/aromatic N) is 1. The highest BCUT2D eigenvalue weighted by molar-refractivity contribution is 7.17. The van der Waals surface area contributed by atoms with Crippen molar-refractivity contribution < 1.29 is 14.4 Å². The Bertz CT molecular complexity index is 947. The summed E-state index contributed by atoms with van der Waals surface area (Å²) in [6, 6.07) is 5.82. The third kappa shape index (κ3) is 4.83. The Balaban J connectivity index is 1.57. The molecule has 0 bridgehead atoms. The van der Waals surface area contributed by atoms with E-state index in [4.69, 9.17) is 5.73 Å². The first-order valence-electron chi connectivity index (χ1n) is 9.55. The van der Waals surface area contributed by atoms with E-state index in [1.54, 1.807) is 11.9 Å². The number of carbonyl (C=O) groups is 3. The number of carbonyl (C=O) groups excluding carboxylic acids is 3. The first-order chi connectivity index (χ1) is 13.8. The molecule has 29 heavy (non-hydrogen) atoms. The van der Waals surface area contributed by atoms with Crippen molar-refractivity contribution in [2.75, 3.05) is 30.8 Å². The van der Waals surface area contributed by atoms with Gasteiger partial charge in [0.25, 0.3) is 5.91 Å². The maximum Gasteiger partial charge on any atom is 0.251 e. The van der Waals surface area contributed by atoms with Gasteiger partial charge in [-0.25, -0.2) is 0 Å². The smallest absolute Gasteiger partial charge is 0.251 e. The molecule has 0 atom stereocenters. The molecule has 154 valence electrons. The van der Waals surface area contributed by atoms with Gasteiger partial charge in [-0.05, 0) is 56.8 Å². The predicted molar refractivity (Wildman–Crippen MR) is 116 cm³/mol. The molecule has 0 unspecified atom stereocenters. The zero-order valence-electron chi connectivity index (χ0n) is 16.9. The number of primary amides is 1. The number of rotatable bonds is 7. The van der Waals surface area contributed by atoms with Crippen LogP contribution < -0.4 is 16.4 Å². The SMILES string of the molecule is Cc1cccc(C)c1NC(=O)CN(C)CC(=O)Nc1sc2c(c1C(N)=O)CCC2. The number of nitrogens with one attached hydrogen (secondary N) is 2. The first kappa shape index (κ1) is 21.0. The zero-order chi connectivity index (χ0) is 21.1. The Labute approximate surface area is 174 Å². The van der Waals surface area contributed by atoms with Crippen LogP contribution in [0.25, 0.3) is 0 Å². The summed E-state index contributed by atoms with van der Waals surface area (Å²) in [5.41, 5.74) is 9.71. The summed E-state index contributed by atoms with van der Waals surface area (Å²) in [5.74, 6) is -0.985. The van der Waals surface area contributed by atoms with Crippen molar-refractivity contribution in [1.29, 1.82) is 0 Å². The number of aryl methyl sites for hydroxylation is 3. The minimum Gasteiger partial charge on any atom is -0.365 e. The van der Waals surface area contributed by atoms with Crippen molar-refractivity contribution in [3.8, 4) is 0 Å². The van der Waals surface area contributed by atoms with Crippen LogP contribution in [-0.4, -0.2) is 42.8 Å². The lowest BCUT2D eigenvalue weighted by Crippen LogP contribution is -2.36. The fourth-order valence-corrected chi connectivity index (χ4v) is 4.97. The Hall–Kier alpha value is -2.71. The van der Waals surface area contributed by atoms with Gasteiger partial charge in [-0.15, -0.1) is 11.3 Å². The van der Waals surface area contributed by atoms with Crippen molar-refractivity contribution in [1.82, 2.24) is 4.90 Å². The van der Waals surface area contributed by atoms with Crippen LogP contribution in [-0.2, 0) is 22.4 Å². The summed E-state index contributed by atoms with van der Waals surface area (Å²) in [6.45, 7) is 3.98. The minimum absolute atomic E-state index is 0.0287. The molecule has 0 aliphatic heterocycles. The van der Waals surface area contributed by atoms with E-state index in [0.29, 0.717) is 10.6 Å². The third-order valence-electron chi connectivity index (χ3n) is 4.99. The average Bonchev–Trinajstić information content (AvgIpc) is 3.18. The minimum atomic E-state index is -0.513. The van der Waals surface area contributed by atoms with Crippen molar-refractivity contribution in [2.24, 2.45) is 5.73 Å². The van der Waals surface area contributed by atoms with Crippen LogP contribution in [0, 0.1) is 13.8 Å². The van der Waals surface area contributed by atoms with Crippen LogP contribution in [0.15, 0.2) is 18.2 Å². The van der Waals surface area contributed by atoms with Gasteiger partial charge in [0.2, 0.25) is 11.8 Å². The zero-order valence-corrected chi connectivity index (χ0v) is 17.7. The maximum atomic E-state index is 12.4. The van der Waals surface area contributed by atoms with E-state index in [9.17, 15) is 14.4 Å².